The Kier molecular flexibility index (Phi) is 8.19. The van der Waals surface area contributed by atoms with E-state index in [4.69, 9.17) is 5.26 Å². The molecule has 0 aliphatic carbocycles. The van der Waals surface area contributed by atoms with Crippen molar-refractivity contribution < 1.29 is 4.79 Å². The van der Waals surface area contributed by atoms with E-state index in [1.807, 2.05) is 6.07 Å². The van der Waals surface area contributed by atoms with Crippen LogP contribution in [0.1, 0.15) is 39.0 Å². The normalized spacial score (nSPS) is 19.9. The molecule has 0 radical (unpaired) electrons. The van der Waals surface area contributed by atoms with Gasteiger partial charge in [-0.1, -0.05) is 6.42 Å². The molecule has 0 bridgehead atoms. The number of amides is 1. The first kappa shape index (κ1) is 15.9. The molecule has 108 valence electrons. The number of nitrogens with zero attached hydrogens (tertiary/aromatic N) is 2. The molecule has 1 atom stereocenters. The molecule has 1 rings (SSSR count). The van der Waals surface area contributed by atoms with Gasteiger partial charge in [-0.15, -0.1) is 0 Å². The number of hydrogen-bond acceptors (Lipinski definition) is 4. The van der Waals surface area contributed by atoms with Gasteiger partial charge in [0.1, 0.15) is 0 Å². The van der Waals surface area contributed by atoms with E-state index in [9.17, 15) is 4.79 Å². The maximum atomic E-state index is 11.3. The molecular formula is C14H26N4O. The van der Waals surface area contributed by atoms with E-state index in [0.717, 1.165) is 19.5 Å². The molecule has 19 heavy (non-hydrogen) atoms. The van der Waals surface area contributed by atoms with Crippen LogP contribution in [0, 0.1) is 11.3 Å². The van der Waals surface area contributed by atoms with Crippen LogP contribution in [0.4, 0.5) is 0 Å². The summed E-state index contributed by atoms with van der Waals surface area (Å²) < 4.78 is 0. The number of carbonyl (C=O) groups is 1. The Hall–Kier alpha value is -1.12. The van der Waals surface area contributed by atoms with Crippen LogP contribution in [-0.2, 0) is 4.79 Å². The Balaban J connectivity index is 1.95. The Bertz CT molecular complexity index is 300. The van der Waals surface area contributed by atoms with Gasteiger partial charge in [0.25, 0.3) is 0 Å². The van der Waals surface area contributed by atoms with E-state index in [-0.39, 0.29) is 5.91 Å². The highest BCUT2D eigenvalue weighted by atomic mass is 16.1. The number of nitrogens with one attached hydrogen (secondary N) is 2. The quantitative estimate of drug-likeness (QED) is 0.640. The number of piperidine rings is 1. The first-order valence-corrected chi connectivity index (χ1v) is 7.32. The van der Waals surface area contributed by atoms with Gasteiger partial charge in [0.2, 0.25) is 5.91 Å². The van der Waals surface area contributed by atoms with Crippen molar-refractivity contribution in [3.05, 3.63) is 0 Å². The molecule has 1 amide bonds. The zero-order valence-electron chi connectivity index (χ0n) is 12.0. The zero-order chi connectivity index (χ0) is 13.9. The Morgan fingerprint density at radius 1 is 1.42 bits per heavy atom. The lowest BCUT2D eigenvalue weighted by Crippen LogP contribution is -2.39. The SMILES string of the molecule is CC1CCCCN1CCCNCC(=O)NCCC#N. The number of rotatable bonds is 8. The van der Waals surface area contributed by atoms with Crippen molar-refractivity contribution >= 4 is 5.91 Å². The largest absolute Gasteiger partial charge is 0.354 e. The average molecular weight is 266 g/mol. The minimum absolute atomic E-state index is 0.0263. The molecule has 1 fully saturated rings. The monoisotopic (exact) mass is 266 g/mol. The lowest BCUT2D eigenvalue weighted by Gasteiger charge is -2.33. The van der Waals surface area contributed by atoms with Crippen LogP contribution in [0.25, 0.3) is 0 Å². The van der Waals surface area contributed by atoms with Crippen LogP contribution in [-0.4, -0.2) is 49.6 Å². The molecule has 0 aromatic heterocycles. The number of nitriles is 1. The van der Waals surface area contributed by atoms with Crippen molar-refractivity contribution in [2.75, 3.05) is 32.7 Å². The van der Waals surface area contributed by atoms with Gasteiger partial charge in [0.05, 0.1) is 19.0 Å². The molecule has 5 nitrogen and oxygen atoms in total. The third-order valence-corrected chi connectivity index (χ3v) is 3.58. The molecule has 5 heteroatoms. The predicted octanol–water partition coefficient (Wildman–Crippen LogP) is 0.870. The average Bonchev–Trinajstić information content (AvgIpc) is 2.41. The van der Waals surface area contributed by atoms with Crippen molar-refractivity contribution in [2.45, 2.75) is 45.1 Å². The molecule has 1 aliphatic heterocycles. The molecule has 2 N–H and O–H groups in total. The molecule has 0 aromatic carbocycles. The summed E-state index contributed by atoms with van der Waals surface area (Å²) in [4.78, 5) is 13.9. The summed E-state index contributed by atoms with van der Waals surface area (Å²) in [6, 6.07) is 2.71. The summed E-state index contributed by atoms with van der Waals surface area (Å²) in [5.74, 6) is -0.0263. The summed E-state index contributed by atoms with van der Waals surface area (Å²) in [5, 5.41) is 14.2. The minimum atomic E-state index is -0.0263. The molecule has 0 aromatic rings. The number of likely N-dealkylation sites (tertiary alicyclic amines) is 1. The number of carbonyl (C=O) groups excluding carboxylic acids is 1. The van der Waals surface area contributed by atoms with Gasteiger partial charge in [-0.3, -0.25) is 4.79 Å². The summed E-state index contributed by atoms with van der Waals surface area (Å²) in [7, 11) is 0. The Morgan fingerprint density at radius 3 is 3.00 bits per heavy atom. The summed E-state index contributed by atoms with van der Waals surface area (Å²) in [6.45, 7) is 6.30. The van der Waals surface area contributed by atoms with Crippen LogP contribution in [0.2, 0.25) is 0 Å². The van der Waals surface area contributed by atoms with Crippen molar-refractivity contribution in [3.8, 4) is 6.07 Å². The van der Waals surface area contributed by atoms with Gasteiger partial charge in [-0.2, -0.15) is 5.26 Å². The fourth-order valence-corrected chi connectivity index (χ4v) is 2.42. The van der Waals surface area contributed by atoms with Crippen molar-refractivity contribution in [1.29, 1.82) is 5.26 Å². The van der Waals surface area contributed by atoms with Gasteiger partial charge in [-0.25, -0.2) is 0 Å². The molecule has 1 unspecified atom stereocenters. The van der Waals surface area contributed by atoms with Crippen LogP contribution < -0.4 is 10.6 Å². The van der Waals surface area contributed by atoms with Gasteiger partial charge < -0.3 is 15.5 Å². The molecule has 0 saturated carbocycles. The van der Waals surface area contributed by atoms with Crippen molar-refractivity contribution in [3.63, 3.8) is 0 Å². The van der Waals surface area contributed by atoms with Crippen LogP contribution in [0.15, 0.2) is 0 Å². The maximum absolute atomic E-state index is 11.3. The summed E-state index contributed by atoms with van der Waals surface area (Å²) in [5.41, 5.74) is 0. The highest BCUT2D eigenvalue weighted by molar-refractivity contribution is 5.77. The van der Waals surface area contributed by atoms with E-state index in [1.54, 1.807) is 0 Å². The second-order valence-electron chi connectivity index (χ2n) is 5.17. The van der Waals surface area contributed by atoms with E-state index >= 15 is 0 Å². The summed E-state index contributed by atoms with van der Waals surface area (Å²) >= 11 is 0. The second kappa shape index (κ2) is 9.76. The Morgan fingerprint density at radius 2 is 2.26 bits per heavy atom. The van der Waals surface area contributed by atoms with Gasteiger partial charge in [0, 0.05) is 12.6 Å². The van der Waals surface area contributed by atoms with E-state index in [1.165, 1.54) is 25.8 Å². The lowest BCUT2D eigenvalue weighted by molar-refractivity contribution is -0.120. The molecular weight excluding hydrogens is 240 g/mol. The van der Waals surface area contributed by atoms with E-state index < -0.39 is 0 Å². The van der Waals surface area contributed by atoms with Crippen molar-refractivity contribution in [2.24, 2.45) is 0 Å². The summed E-state index contributed by atoms with van der Waals surface area (Å²) in [6.07, 6.45) is 5.45. The lowest BCUT2D eigenvalue weighted by atomic mass is 10.0. The topological polar surface area (TPSA) is 68.2 Å². The standard InChI is InChI=1S/C14H26N4O/c1-13-6-2-3-10-18(13)11-5-8-16-12-14(19)17-9-4-7-15/h13,16H,2-6,8-12H2,1H3,(H,17,19). The zero-order valence-corrected chi connectivity index (χ0v) is 12.0. The number of hydrogen-bond donors (Lipinski definition) is 2. The fourth-order valence-electron chi connectivity index (χ4n) is 2.42. The van der Waals surface area contributed by atoms with Gasteiger partial charge in [-0.05, 0) is 45.8 Å². The molecule has 0 spiro atoms. The first-order valence-electron chi connectivity index (χ1n) is 7.32. The van der Waals surface area contributed by atoms with E-state index in [2.05, 4.69) is 22.5 Å². The minimum Gasteiger partial charge on any atom is -0.354 e. The highest BCUT2D eigenvalue weighted by Crippen LogP contribution is 2.15. The van der Waals surface area contributed by atoms with Crippen LogP contribution in [0.5, 0.6) is 0 Å². The second-order valence-corrected chi connectivity index (χ2v) is 5.17. The van der Waals surface area contributed by atoms with Gasteiger partial charge >= 0.3 is 0 Å². The maximum Gasteiger partial charge on any atom is 0.233 e. The fraction of sp³-hybridized carbons (Fsp3) is 0.857. The predicted molar refractivity (Wildman–Crippen MR) is 75.6 cm³/mol. The highest BCUT2D eigenvalue weighted by Gasteiger charge is 2.16. The third-order valence-electron chi connectivity index (χ3n) is 3.58. The molecule has 1 heterocycles. The third kappa shape index (κ3) is 7.14. The van der Waals surface area contributed by atoms with Crippen molar-refractivity contribution in [1.82, 2.24) is 15.5 Å². The van der Waals surface area contributed by atoms with E-state index in [0.29, 0.717) is 25.6 Å². The first-order chi connectivity index (χ1) is 9.24. The Labute approximate surface area is 116 Å². The van der Waals surface area contributed by atoms with Gasteiger partial charge in [0.15, 0.2) is 0 Å². The van der Waals surface area contributed by atoms with Crippen LogP contribution in [0.3, 0.4) is 0 Å². The molecule has 1 saturated heterocycles. The smallest absolute Gasteiger partial charge is 0.233 e. The van der Waals surface area contributed by atoms with Crippen LogP contribution >= 0.6 is 0 Å². The molecule has 1 aliphatic rings.